The summed E-state index contributed by atoms with van der Waals surface area (Å²) in [7, 11) is -7.21. The highest BCUT2D eigenvalue weighted by Crippen LogP contribution is 2.40. The highest BCUT2D eigenvalue weighted by molar-refractivity contribution is 9.10. The predicted molar refractivity (Wildman–Crippen MR) is 452 cm³/mol. The molecule has 0 radical (unpaired) electrons. The Hall–Kier alpha value is -5.25. The Labute approximate surface area is 687 Å². The third kappa shape index (κ3) is 23.3. The molecule has 7 aromatic heterocycles. The lowest BCUT2D eigenvalue weighted by molar-refractivity contribution is 0.00332. The molecule has 25 nitrogen and oxygen atoms in total. The van der Waals surface area contributed by atoms with Crippen LogP contribution in [0, 0.1) is 0 Å². The lowest BCUT2D eigenvalue weighted by atomic mass is 9.79. The highest BCUT2D eigenvalue weighted by Gasteiger charge is 2.53. The number of hydrogen-bond donors (Lipinski definition) is 2. The summed E-state index contributed by atoms with van der Waals surface area (Å²) in [6, 6.07) is 33.8. The molecule has 5 aliphatic rings. The number of rotatable bonds is 23. The number of aromatic nitrogens is 9. The lowest BCUT2D eigenvalue weighted by Crippen LogP contribution is -2.41. The summed E-state index contributed by atoms with van der Waals surface area (Å²) in [6.07, 6.45) is 7.99. The van der Waals surface area contributed by atoms with E-state index in [0.717, 1.165) is 71.2 Å². The number of imidazole rings is 2. The summed E-state index contributed by atoms with van der Waals surface area (Å²) >= 11 is 23.5. The molecule has 2 aromatic carbocycles. The van der Waals surface area contributed by atoms with Gasteiger partial charge in [0, 0.05) is 123 Å². The van der Waals surface area contributed by atoms with Crippen LogP contribution < -0.4 is 14.9 Å². The van der Waals surface area contributed by atoms with Crippen molar-refractivity contribution in [2.45, 2.75) is 171 Å². The van der Waals surface area contributed by atoms with Gasteiger partial charge in [0.05, 0.1) is 89.2 Å². The van der Waals surface area contributed by atoms with Crippen molar-refractivity contribution in [3.8, 4) is 45.7 Å². The van der Waals surface area contributed by atoms with Crippen LogP contribution in [0.15, 0.2) is 133 Å². The molecule has 5 aliphatic heterocycles. The lowest BCUT2D eigenvalue weighted by Gasteiger charge is -2.32. The van der Waals surface area contributed by atoms with Gasteiger partial charge in [-0.2, -0.15) is 9.97 Å². The smallest absolute Gasteiger partial charge is 0.456 e. The van der Waals surface area contributed by atoms with E-state index in [9.17, 15) is 18.6 Å². The van der Waals surface area contributed by atoms with Gasteiger partial charge in [-0.05, 0) is 125 Å². The molecule has 35 heteroatoms. The molecule has 2 N–H and O–H groups in total. The monoisotopic (exact) mass is 1830 g/mol. The summed E-state index contributed by atoms with van der Waals surface area (Å²) in [6.45, 7) is 25.5. The van der Waals surface area contributed by atoms with E-state index >= 15 is 0 Å². The maximum absolute atomic E-state index is 11.9. The number of ether oxygens (including phenoxy) is 8. The number of aliphatic hydroxyl groups is 2. The molecule has 0 spiro atoms. The molecular formula is C76H97BBr3Cl2N11O14S2Si2. The molecule has 0 unspecified atom stereocenters. The van der Waals surface area contributed by atoms with Gasteiger partial charge in [-0.1, -0.05) is 133 Å². The van der Waals surface area contributed by atoms with Gasteiger partial charge in [0.2, 0.25) is 0 Å². The number of pyridine rings is 5. The second-order valence-corrected chi connectivity index (χ2v) is 51.3. The van der Waals surface area contributed by atoms with Crippen molar-refractivity contribution in [2.75, 3.05) is 64.7 Å². The standard InChI is InChI=1S/C32H40ClN5O6SSi.C30H41BClN3O7Si.C8H11BrN2OS.C6H5Br2N/c1-45(2,40)35-16-23-11-10-22(15-34-23)20-6-8-21(9-7-20)28-24(33)14-25-31(37-28)38(19-41-12-13-46(3,4)5)32(36-25)44-27-18-43-29-26(39)17-42-30(27)29;1-29(2)30(3,4)42-31(41-29)19-10-8-18(9-11-19)24-20(32)14-21-27(34-24)35(17-37-12-13-43(5,6)7)28(33-21)40-23-16-39-25-22(36)15-38-26(23)25;1-13(2,12)11-6-8-4-3-7(9)5-10-8;7-3-6-2-1-5(8)4-9-6/h6-11,14-15,26-27,29-30,39H,12-13,16-19H2,1-5H3;8-11,14,22-23,25-26,36H,12-13,15-17H2,1-7H3;3-5H,6H2,1-2H3;1-2,4H,3H2/t26-,27-,29-,30-;22-,23-,25-,26-;;/m11../s1. The van der Waals surface area contributed by atoms with Gasteiger partial charge in [0.1, 0.15) is 61.1 Å². The molecule has 5 fully saturated rings. The van der Waals surface area contributed by atoms with Gasteiger partial charge < -0.3 is 57.4 Å². The quantitative estimate of drug-likeness (QED) is 0.0342. The van der Waals surface area contributed by atoms with Gasteiger partial charge >= 0.3 is 19.1 Å². The van der Waals surface area contributed by atoms with Gasteiger partial charge in [0.25, 0.3) is 0 Å². The molecular weight excluding hydrogens is 1730 g/mol. The largest absolute Gasteiger partial charge is 0.494 e. The minimum Gasteiger partial charge on any atom is -0.456 e. The van der Waals surface area contributed by atoms with Crippen LogP contribution in [-0.2, 0) is 89.1 Å². The van der Waals surface area contributed by atoms with Crippen molar-refractivity contribution in [3.63, 3.8) is 0 Å². The topological polar surface area (TPSA) is 292 Å². The number of aliphatic hydroxyl groups excluding tert-OH is 2. The van der Waals surface area contributed by atoms with Crippen LogP contribution in [0.3, 0.4) is 0 Å². The summed E-state index contributed by atoms with van der Waals surface area (Å²) in [4.78, 5) is 32.1. The van der Waals surface area contributed by atoms with Crippen LogP contribution in [0.4, 0.5) is 0 Å². The number of benzene rings is 2. The first-order valence-corrected chi connectivity index (χ1v) is 51.9. The minimum atomic E-state index is -2.17. The Morgan fingerprint density at radius 3 is 1.32 bits per heavy atom. The van der Waals surface area contributed by atoms with Gasteiger partial charge in [-0.25, -0.2) is 18.7 Å². The number of hydrogen-bond acceptors (Lipinski definition) is 23. The summed E-state index contributed by atoms with van der Waals surface area (Å²) in [5, 5.41) is 22.1. The molecule has 12 heterocycles. The van der Waals surface area contributed by atoms with Crippen LogP contribution in [0.2, 0.25) is 61.4 Å². The Bertz CT molecular complexity index is 4910. The van der Waals surface area contributed by atoms with E-state index in [1.165, 1.54) is 0 Å². The van der Waals surface area contributed by atoms with Crippen LogP contribution in [0.5, 0.6) is 12.0 Å². The third-order valence-electron chi connectivity index (χ3n) is 19.0. The third-order valence-corrected chi connectivity index (χ3v) is 26.0. The molecule has 0 saturated carbocycles. The molecule has 8 atom stereocenters. The van der Waals surface area contributed by atoms with Gasteiger partial charge in [-0.3, -0.25) is 32.5 Å². The maximum atomic E-state index is 11.9. The van der Waals surface area contributed by atoms with Crippen molar-refractivity contribution >= 4 is 142 Å². The zero-order valence-corrected chi connectivity index (χ0v) is 74.7. The maximum Gasteiger partial charge on any atom is 0.494 e. The zero-order valence-electron chi connectivity index (χ0n) is 64.8. The van der Waals surface area contributed by atoms with Crippen LogP contribution >= 0.6 is 71.0 Å². The number of alkyl halides is 1. The Balaban J connectivity index is 0.000000173. The molecule has 9 aromatic rings. The second-order valence-electron chi connectivity index (χ2n) is 31.6. The van der Waals surface area contributed by atoms with E-state index < -0.39 is 90.6 Å². The first-order valence-electron chi connectivity index (χ1n) is 36.4. The SMILES string of the molecule is BrCc1ccc(Br)cn1.CC1(C)OB(c2ccc(-c3nc4c(cc3Cl)nc(O[C@@H]3CO[C@H]5[C@@H]3OC[C@H]5O)n4COCC[Si](C)(C)C)cc2)OC1(C)C.CS(C)(=O)=NCc1ccc(Br)cn1.C[Si](C)(C)CCOCn1c(O[C@@H]2CO[C@H]3[C@@H]2OC[C@H]3O)nc2cc(Cl)c(-c3ccc(-c4ccc(CN=S(C)(C)=O)nc4)cc3)nc21. The fourth-order valence-electron chi connectivity index (χ4n) is 12.0. The first kappa shape index (κ1) is 86.6. The average Bonchev–Trinajstić information content (AvgIpc) is 1.63. The molecule has 111 heavy (non-hydrogen) atoms. The fourth-order valence-corrected chi connectivity index (χ4v) is 15.7. The Morgan fingerprint density at radius 1 is 0.541 bits per heavy atom. The van der Waals surface area contributed by atoms with E-state index in [0.29, 0.717) is 88.7 Å². The summed E-state index contributed by atoms with van der Waals surface area (Å²) in [5.41, 5.74) is 9.95. The molecule has 0 bridgehead atoms. The number of fused-ring (bicyclic) bond motifs is 4. The van der Waals surface area contributed by atoms with Crippen LogP contribution in [0.1, 0.15) is 44.8 Å². The number of halogens is 5. The normalized spacial score (nSPS) is 21.3. The van der Waals surface area contributed by atoms with Crippen LogP contribution in [0.25, 0.3) is 56.0 Å². The van der Waals surface area contributed by atoms with Crippen molar-refractivity contribution in [3.05, 3.63) is 152 Å². The molecule has 14 rings (SSSR count). The second kappa shape index (κ2) is 36.9. The van der Waals surface area contributed by atoms with Crippen molar-refractivity contribution < 1.29 is 65.8 Å². The molecule has 0 amide bonds. The minimum absolute atomic E-state index is 0.207. The van der Waals surface area contributed by atoms with E-state index in [4.69, 9.17) is 90.3 Å². The average molecular weight is 1830 g/mol. The summed E-state index contributed by atoms with van der Waals surface area (Å²) in [5.74, 6) is 0. The van der Waals surface area contributed by atoms with Crippen LogP contribution in [-0.4, -0.2) is 211 Å². The van der Waals surface area contributed by atoms with Crippen molar-refractivity contribution in [1.82, 2.24) is 44.0 Å². The van der Waals surface area contributed by atoms with E-state index in [-0.39, 0.29) is 45.5 Å². The highest BCUT2D eigenvalue weighted by atomic mass is 79.9. The van der Waals surface area contributed by atoms with E-state index in [1.54, 1.807) is 55.7 Å². The van der Waals surface area contributed by atoms with Gasteiger partial charge in [-0.15, -0.1) is 0 Å². The van der Waals surface area contributed by atoms with Crippen molar-refractivity contribution in [1.29, 1.82) is 0 Å². The Kier molecular flexibility index (Phi) is 28.8. The van der Waals surface area contributed by atoms with Gasteiger partial charge in [0.15, 0.2) is 23.5 Å². The molecule has 598 valence electrons. The summed E-state index contributed by atoms with van der Waals surface area (Å²) < 4.78 is 97.4. The van der Waals surface area contributed by atoms with E-state index in [1.807, 2.05) is 122 Å². The first-order chi connectivity index (χ1) is 52.4. The molecule has 5 saturated heterocycles. The predicted octanol–water partition coefficient (Wildman–Crippen LogP) is 14.3. The zero-order chi connectivity index (χ0) is 80.0. The number of nitrogens with zero attached hydrogens (tertiary/aromatic N) is 11. The van der Waals surface area contributed by atoms with E-state index in [2.05, 4.69) is 111 Å². The fraction of sp³-hybridized carbons (Fsp3) is 0.487. The van der Waals surface area contributed by atoms with Crippen molar-refractivity contribution in [2.24, 2.45) is 8.73 Å². The molecule has 0 aliphatic carbocycles. The Morgan fingerprint density at radius 2 is 0.928 bits per heavy atom.